The number of benzene rings is 2. The second-order valence-electron chi connectivity index (χ2n) is 4.49. The molecule has 0 amide bonds. The third kappa shape index (κ3) is 2.56. The quantitative estimate of drug-likeness (QED) is 0.895. The van der Waals surface area contributed by atoms with Gasteiger partial charge >= 0.3 is 0 Å². The molecule has 0 fully saturated rings. The van der Waals surface area contributed by atoms with E-state index in [4.69, 9.17) is 0 Å². The second-order valence-corrected chi connectivity index (χ2v) is 4.49. The molecule has 2 rings (SSSR count). The first kappa shape index (κ1) is 12.3. The van der Waals surface area contributed by atoms with Crippen molar-refractivity contribution in [2.45, 2.75) is 0 Å². The normalized spacial score (nSPS) is 10.2. The number of rotatable bonds is 3. The summed E-state index contributed by atoms with van der Waals surface area (Å²) in [6.45, 7) is 0. The van der Waals surface area contributed by atoms with Crippen molar-refractivity contribution < 1.29 is 5.11 Å². The van der Waals surface area contributed by atoms with Crippen LogP contribution >= 0.6 is 0 Å². The number of phenolic OH excluding ortho intramolecular Hbond substituents is 1. The topological polar surface area (TPSA) is 26.7 Å². The van der Waals surface area contributed by atoms with E-state index in [-0.39, 0.29) is 5.75 Å². The van der Waals surface area contributed by atoms with Gasteiger partial charge in [0.05, 0.1) is 0 Å². The molecule has 0 saturated heterocycles. The lowest BCUT2D eigenvalue weighted by Gasteiger charge is -2.22. The van der Waals surface area contributed by atoms with Gasteiger partial charge < -0.3 is 14.9 Å². The maximum absolute atomic E-state index is 9.30. The van der Waals surface area contributed by atoms with E-state index in [0.717, 1.165) is 17.1 Å². The van der Waals surface area contributed by atoms with Gasteiger partial charge in [-0.1, -0.05) is 6.07 Å². The van der Waals surface area contributed by atoms with Crippen LogP contribution in [-0.4, -0.2) is 26.2 Å². The predicted molar refractivity (Wildman–Crippen MR) is 76.9 cm³/mol. The highest BCUT2D eigenvalue weighted by Crippen LogP contribution is 2.27. The molecular formula is C15H18N2O. The first-order valence-corrected chi connectivity index (χ1v) is 5.88. The average Bonchev–Trinajstić information content (AvgIpc) is 2.39. The van der Waals surface area contributed by atoms with E-state index in [1.54, 1.807) is 12.1 Å². The smallest absolute Gasteiger partial charge is 0.115 e. The van der Waals surface area contributed by atoms with Crippen molar-refractivity contribution in [1.29, 1.82) is 0 Å². The molecule has 2 aromatic rings. The molecule has 18 heavy (non-hydrogen) atoms. The highest BCUT2D eigenvalue weighted by Gasteiger charge is 2.05. The molecule has 94 valence electrons. The molecule has 0 saturated carbocycles. The zero-order chi connectivity index (χ0) is 13.1. The number of hydrogen-bond donors (Lipinski definition) is 1. The molecule has 0 unspecified atom stereocenters. The van der Waals surface area contributed by atoms with E-state index in [2.05, 4.69) is 28.0 Å². The van der Waals surface area contributed by atoms with Gasteiger partial charge in [-0.3, -0.25) is 0 Å². The van der Waals surface area contributed by atoms with Gasteiger partial charge in [0.2, 0.25) is 0 Å². The summed E-state index contributed by atoms with van der Waals surface area (Å²) in [5.74, 6) is 0.286. The first-order valence-electron chi connectivity index (χ1n) is 5.88. The van der Waals surface area contributed by atoms with Crippen molar-refractivity contribution in [3.05, 3.63) is 48.5 Å². The van der Waals surface area contributed by atoms with Gasteiger partial charge in [0.25, 0.3) is 0 Å². The minimum absolute atomic E-state index is 0.286. The summed E-state index contributed by atoms with van der Waals surface area (Å²) in [7, 11) is 6.07. The molecule has 0 heterocycles. The summed E-state index contributed by atoms with van der Waals surface area (Å²) >= 11 is 0. The Morgan fingerprint density at radius 2 is 1.39 bits per heavy atom. The van der Waals surface area contributed by atoms with Crippen LogP contribution < -0.4 is 9.80 Å². The number of aromatic hydroxyl groups is 1. The molecule has 2 aromatic carbocycles. The van der Waals surface area contributed by atoms with Crippen LogP contribution in [0.5, 0.6) is 5.75 Å². The van der Waals surface area contributed by atoms with Crippen LogP contribution in [0.1, 0.15) is 0 Å². The highest BCUT2D eigenvalue weighted by atomic mass is 16.3. The van der Waals surface area contributed by atoms with E-state index in [1.165, 1.54) is 0 Å². The predicted octanol–water partition coefficient (Wildman–Crippen LogP) is 3.23. The summed E-state index contributed by atoms with van der Waals surface area (Å²) in [5, 5.41) is 9.30. The molecule has 0 aliphatic rings. The average molecular weight is 242 g/mol. The van der Waals surface area contributed by atoms with Gasteiger partial charge in [-0.25, -0.2) is 0 Å². The van der Waals surface area contributed by atoms with Crippen LogP contribution in [-0.2, 0) is 0 Å². The molecule has 0 radical (unpaired) electrons. The van der Waals surface area contributed by atoms with Crippen LogP contribution in [0, 0.1) is 0 Å². The monoisotopic (exact) mass is 242 g/mol. The minimum atomic E-state index is 0.286. The molecule has 3 heteroatoms. The molecule has 0 spiro atoms. The third-order valence-corrected chi connectivity index (χ3v) is 2.97. The van der Waals surface area contributed by atoms with Crippen LogP contribution in [0.15, 0.2) is 48.5 Å². The van der Waals surface area contributed by atoms with E-state index in [9.17, 15) is 5.11 Å². The Bertz CT molecular complexity index is 520. The number of nitrogens with zero attached hydrogens (tertiary/aromatic N) is 2. The molecule has 0 bridgehead atoms. The lowest BCUT2D eigenvalue weighted by molar-refractivity contribution is 0.475. The molecule has 3 nitrogen and oxygen atoms in total. The zero-order valence-electron chi connectivity index (χ0n) is 11.0. The van der Waals surface area contributed by atoms with Crippen molar-refractivity contribution in [3.8, 4) is 5.75 Å². The van der Waals surface area contributed by atoms with Crippen molar-refractivity contribution in [3.63, 3.8) is 0 Å². The van der Waals surface area contributed by atoms with Gasteiger partial charge in [-0.15, -0.1) is 0 Å². The fourth-order valence-corrected chi connectivity index (χ4v) is 1.81. The summed E-state index contributed by atoms with van der Waals surface area (Å²) in [6.07, 6.45) is 0. The number of phenols is 1. The Morgan fingerprint density at radius 1 is 0.778 bits per heavy atom. The van der Waals surface area contributed by atoms with Crippen molar-refractivity contribution >= 4 is 17.1 Å². The third-order valence-electron chi connectivity index (χ3n) is 2.97. The summed E-state index contributed by atoms with van der Waals surface area (Å²) < 4.78 is 0. The fraction of sp³-hybridized carbons (Fsp3) is 0.200. The van der Waals surface area contributed by atoms with E-state index >= 15 is 0 Å². The molecular weight excluding hydrogens is 224 g/mol. The fourth-order valence-electron chi connectivity index (χ4n) is 1.81. The summed E-state index contributed by atoms with van der Waals surface area (Å²) in [6, 6.07) is 15.5. The van der Waals surface area contributed by atoms with E-state index < -0.39 is 0 Å². The Balaban J connectivity index is 2.30. The summed E-state index contributed by atoms with van der Waals surface area (Å²) in [5.41, 5.74) is 3.33. The van der Waals surface area contributed by atoms with E-state index in [1.807, 2.05) is 39.3 Å². The Hall–Kier alpha value is -2.16. The molecule has 0 aliphatic heterocycles. The Kier molecular flexibility index (Phi) is 3.42. The molecule has 1 N–H and O–H groups in total. The highest BCUT2D eigenvalue weighted by molar-refractivity contribution is 5.67. The van der Waals surface area contributed by atoms with Crippen LogP contribution in [0.25, 0.3) is 0 Å². The molecule has 0 aliphatic carbocycles. The largest absolute Gasteiger partial charge is 0.508 e. The number of hydrogen-bond acceptors (Lipinski definition) is 3. The van der Waals surface area contributed by atoms with Crippen LogP contribution in [0.4, 0.5) is 17.1 Å². The maximum Gasteiger partial charge on any atom is 0.115 e. The minimum Gasteiger partial charge on any atom is -0.508 e. The Labute approximate surface area is 108 Å². The van der Waals surface area contributed by atoms with Crippen molar-refractivity contribution in [2.24, 2.45) is 0 Å². The lowest BCUT2D eigenvalue weighted by Crippen LogP contribution is -2.12. The van der Waals surface area contributed by atoms with Crippen molar-refractivity contribution in [1.82, 2.24) is 0 Å². The number of anilines is 3. The van der Waals surface area contributed by atoms with E-state index in [0.29, 0.717) is 0 Å². The summed E-state index contributed by atoms with van der Waals surface area (Å²) in [4.78, 5) is 4.17. The van der Waals surface area contributed by atoms with Gasteiger partial charge in [0.1, 0.15) is 5.75 Å². The van der Waals surface area contributed by atoms with Crippen molar-refractivity contribution in [2.75, 3.05) is 30.9 Å². The van der Waals surface area contributed by atoms with Gasteiger partial charge in [0.15, 0.2) is 0 Å². The van der Waals surface area contributed by atoms with Crippen LogP contribution in [0.3, 0.4) is 0 Å². The SMILES string of the molecule is CN(C)c1cccc(N(C)c2ccc(O)cc2)c1. The molecule has 0 atom stereocenters. The standard InChI is InChI=1S/C15H18N2O/c1-16(2)13-5-4-6-14(11-13)17(3)12-7-9-15(18)10-8-12/h4-11,18H,1-3H3. The zero-order valence-corrected chi connectivity index (χ0v) is 11.0. The first-order chi connectivity index (χ1) is 8.58. The lowest BCUT2D eigenvalue weighted by atomic mass is 10.2. The van der Waals surface area contributed by atoms with Crippen LogP contribution in [0.2, 0.25) is 0 Å². The maximum atomic E-state index is 9.30. The van der Waals surface area contributed by atoms with Gasteiger partial charge in [-0.05, 0) is 42.5 Å². The van der Waals surface area contributed by atoms with Gasteiger partial charge in [-0.2, -0.15) is 0 Å². The van der Waals surface area contributed by atoms with Gasteiger partial charge in [0, 0.05) is 38.2 Å². The Morgan fingerprint density at radius 3 is 2.00 bits per heavy atom. The second kappa shape index (κ2) is 5.00. The molecule has 0 aromatic heterocycles.